The van der Waals surface area contributed by atoms with Gasteiger partial charge in [-0.05, 0) is 77.4 Å². The maximum Gasteiger partial charge on any atom is 0.336 e. The van der Waals surface area contributed by atoms with Gasteiger partial charge in [-0.2, -0.15) is 0 Å². The van der Waals surface area contributed by atoms with Crippen LogP contribution in [0.1, 0.15) is 26.3 Å². The van der Waals surface area contributed by atoms with Crippen LogP contribution in [0.25, 0.3) is 66.8 Å². The molecule has 2 heterocycles. The quantitative estimate of drug-likeness (QED) is 0.0734. The number of carboxylic acids is 1. The second kappa shape index (κ2) is 13.7. The van der Waals surface area contributed by atoms with Crippen LogP contribution in [0.2, 0.25) is 0 Å². The summed E-state index contributed by atoms with van der Waals surface area (Å²) in [5, 5.41) is 35.2. The third-order valence-electron chi connectivity index (χ3n) is 9.35. The highest BCUT2D eigenvalue weighted by Gasteiger charge is 2.23. The third-order valence-corrected chi connectivity index (χ3v) is 9.35. The minimum Gasteiger partial charge on any atom is -0.508 e. The summed E-state index contributed by atoms with van der Waals surface area (Å²) in [5.41, 5.74) is 11.6. The molecule has 0 aromatic heterocycles. The van der Waals surface area contributed by atoms with Crippen molar-refractivity contribution in [1.82, 2.24) is 10.6 Å². The lowest BCUT2D eigenvalue weighted by Gasteiger charge is -2.17. The average molecular weight is 731 g/mol. The molecule has 55 heavy (non-hydrogen) atoms. The summed E-state index contributed by atoms with van der Waals surface area (Å²) in [6, 6.07) is 31.0. The van der Waals surface area contributed by atoms with E-state index in [0.717, 1.165) is 27.6 Å². The lowest BCUT2D eigenvalue weighted by atomic mass is 9.89. The second-order valence-corrected chi connectivity index (χ2v) is 13.0. The number of phenols is 1. The Labute approximate surface area is 311 Å². The molecule has 8 rings (SSSR count). The molecule has 4 aromatic rings. The van der Waals surface area contributed by atoms with Gasteiger partial charge in [-0.1, -0.05) is 30.3 Å². The van der Waals surface area contributed by atoms with Crippen LogP contribution < -0.4 is 27.2 Å². The van der Waals surface area contributed by atoms with Crippen LogP contribution in [0.4, 0.5) is 5.69 Å². The number of rotatable bonds is 8. The number of carbonyl (C=O) groups excluding carboxylic acids is 2. The van der Waals surface area contributed by atoms with Crippen LogP contribution in [-0.4, -0.2) is 34.5 Å². The number of carbonyl (C=O) groups is 3. The van der Waals surface area contributed by atoms with E-state index in [4.69, 9.17) is 20.0 Å². The molecular formula is C43H30N4O8. The maximum absolute atomic E-state index is 13.2. The molecule has 0 unspecified atom stereocenters. The van der Waals surface area contributed by atoms with Crippen molar-refractivity contribution in [1.29, 1.82) is 5.41 Å². The molecule has 0 bridgehead atoms. The van der Waals surface area contributed by atoms with E-state index in [2.05, 4.69) is 10.6 Å². The van der Waals surface area contributed by atoms with Crippen molar-refractivity contribution >= 4 is 45.4 Å². The summed E-state index contributed by atoms with van der Waals surface area (Å²) < 4.78 is 12.0. The molecule has 4 aromatic carbocycles. The van der Waals surface area contributed by atoms with Crippen molar-refractivity contribution in [2.24, 2.45) is 0 Å². The van der Waals surface area contributed by atoms with Crippen molar-refractivity contribution in [3.05, 3.63) is 148 Å². The van der Waals surface area contributed by atoms with E-state index in [-0.39, 0.29) is 40.8 Å². The zero-order valence-electron chi connectivity index (χ0n) is 28.8. The number of nitrogens with one attached hydrogen (secondary N) is 3. The number of phenolic OH excluding ortho intramolecular Hbond substituents is 1. The first-order valence-electron chi connectivity index (χ1n) is 17.0. The zero-order chi connectivity index (χ0) is 38.4. The minimum atomic E-state index is -1.26. The summed E-state index contributed by atoms with van der Waals surface area (Å²) in [4.78, 5) is 50.6. The van der Waals surface area contributed by atoms with Gasteiger partial charge in [0.2, 0.25) is 5.91 Å². The summed E-state index contributed by atoms with van der Waals surface area (Å²) >= 11 is 0. The number of aromatic carboxylic acids is 1. The molecule has 12 nitrogen and oxygen atoms in total. The summed E-state index contributed by atoms with van der Waals surface area (Å²) in [6.07, 6.45) is 0. The van der Waals surface area contributed by atoms with E-state index in [1.165, 1.54) is 36.4 Å². The van der Waals surface area contributed by atoms with Gasteiger partial charge in [0, 0.05) is 75.1 Å². The highest BCUT2D eigenvalue weighted by atomic mass is 16.4. The number of nitrogen functional groups attached to an aromatic ring is 1. The normalized spacial score (nSPS) is 11.3. The van der Waals surface area contributed by atoms with Gasteiger partial charge < -0.3 is 40.8 Å². The van der Waals surface area contributed by atoms with E-state index >= 15 is 0 Å². The SMILES string of the molecule is N=c1ccc2c(-c3ccc(C(=O)NCC(=O)NCc4ccc(-c5c6ccc(=O)cc-6oc6cc(O)ccc56)cc4)cc3C(=O)O)c3ccc(N)cc3oc-2c1. The second-order valence-electron chi connectivity index (χ2n) is 13.0. The number of nitrogens with two attached hydrogens (primary N) is 1. The molecule has 0 spiro atoms. The van der Waals surface area contributed by atoms with E-state index in [1.54, 1.807) is 54.6 Å². The maximum atomic E-state index is 13.2. The highest BCUT2D eigenvalue weighted by molar-refractivity contribution is 6.09. The monoisotopic (exact) mass is 730 g/mol. The molecule has 0 saturated carbocycles. The zero-order valence-corrected chi connectivity index (χ0v) is 28.8. The molecule has 0 saturated heterocycles. The van der Waals surface area contributed by atoms with Crippen molar-refractivity contribution in [2.75, 3.05) is 12.3 Å². The van der Waals surface area contributed by atoms with Crippen LogP contribution in [0.5, 0.6) is 5.75 Å². The first-order valence-corrected chi connectivity index (χ1v) is 17.0. The van der Waals surface area contributed by atoms with Crippen molar-refractivity contribution in [3.63, 3.8) is 0 Å². The van der Waals surface area contributed by atoms with Gasteiger partial charge >= 0.3 is 5.97 Å². The predicted octanol–water partition coefficient (Wildman–Crippen LogP) is 6.59. The molecule has 270 valence electrons. The van der Waals surface area contributed by atoms with Gasteiger partial charge in [-0.25, -0.2) is 4.79 Å². The van der Waals surface area contributed by atoms with Gasteiger partial charge in [0.1, 0.15) is 28.4 Å². The molecule has 0 atom stereocenters. The number of benzene rings is 6. The number of fused-ring (bicyclic) bond motifs is 4. The Morgan fingerprint density at radius 2 is 1.36 bits per heavy atom. The lowest BCUT2D eigenvalue weighted by Crippen LogP contribution is -2.36. The number of anilines is 1. The smallest absolute Gasteiger partial charge is 0.336 e. The first-order chi connectivity index (χ1) is 26.5. The summed E-state index contributed by atoms with van der Waals surface area (Å²) in [6.45, 7) is -0.183. The highest BCUT2D eigenvalue weighted by Crippen LogP contribution is 2.43. The number of carboxylic acid groups (broad SMARTS) is 1. The molecule has 7 N–H and O–H groups in total. The van der Waals surface area contributed by atoms with Crippen LogP contribution in [0.3, 0.4) is 0 Å². The fourth-order valence-corrected chi connectivity index (χ4v) is 6.76. The Kier molecular flexibility index (Phi) is 8.54. The first kappa shape index (κ1) is 34.4. The Morgan fingerprint density at radius 1 is 0.691 bits per heavy atom. The number of amides is 2. The molecule has 12 heteroatoms. The molecule has 0 radical (unpaired) electrons. The van der Waals surface area contributed by atoms with Crippen LogP contribution in [-0.2, 0) is 11.3 Å². The molecule has 2 amide bonds. The Bertz CT molecular complexity index is 2910. The molecule has 4 aliphatic rings. The van der Waals surface area contributed by atoms with Crippen LogP contribution in [0, 0.1) is 5.41 Å². The topological polar surface area (TPSA) is 209 Å². The van der Waals surface area contributed by atoms with Gasteiger partial charge in [0.15, 0.2) is 5.43 Å². The van der Waals surface area contributed by atoms with Gasteiger partial charge in [0.05, 0.1) is 17.5 Å². The Balaban J connectivity index is 0.977. The standard InChI is InChI=1S/C43H30N4O8/c44-25-6-11-32-35(16-25)54-36-17-26(45)7-12-33(36)41(32)29-10-5-24(15-34(29)43(52)53)42(51)47-21-39(50)46-20-22-1-3-23(4-2-22)40-30-13-8-27(48)18-37(30)55-38-19-28(49)9-14-31(38)40/h1-19,44,48H,20-21,45H2,(H,46,50)(H,47,51)(H,52,53). The van der Waals surface area contributed by atoms with Crippen molar-refractivity contribution in [2.45, 2.75) is 6.54 Å². The van der Waals surface area contributed by atoms with Crippen molar-refractivity contribution in [3.8, 4) is 50.7 Å². The third kappa shape index (κ3) is 6.59. The fraction of sp³-hybridized carbons (Fsp3) is 0.0465. The number of hydrogen-bond acceptors (Lipinski definition) is 9. The van der Waals surface area contributed by atoms with Gasteiger partial charge in [-0.15, -0.1) is 0 Å². The van der Waals surface area contributed by atoms with E-state index in [0.29, 0.717) is 50.5 Å². The molecule has 0 fully saturated rings. The van der Waals surface area contributed by atoms with E-state index in [1.807, 2.05) is 24.3 Å². The lowest BCUT2D eigenvalue weighted by molar-refractivity contribution is -0.120. The molecular weight excluding hydrogens is 700 g/mol. The Hall–Kier alpha value is -7.73. The van der Waals surface area contributed by atoms with E-state index in [9.17, 15) is 29.4 Å². The Morgan fingerprint density at radius 3 is 2.15 bits per heavy atom. The number of hydrogen-bond donors (Lipinski definition) is 6. The summed E-state index contributed by atoms with van der Waals surface area (Å²) in [5.74, 6) is -1.56. The van der Waals surface area contributed by atoms with Gasteiger partial charge in [-0.3, -0.25) is 14.4 Å². The fourth-order valence-electron chi connectivity index (χ4n) is 6.76. The molecule has 2 aliphatic carbocycles. The minimum absolute atomic E-state index is 0.0316. The summed E-state index contributed by atoms with van der Waals surface area (Å²) in [7, 11) is 0. The predicted molar refractivity (Wildman–Crippen MR) is 206 cm³/mol. The average Bonchev–Trinajstić information content (AvgIpc) is 3.17. The van der Waals surface area contributed by atoms with Gasteiger partial charge in [0.25, 0.3) is 5.91 Å². The van der Waals surface area contributed by atoms with Crippen molar-refractivity contribution < 1.29 is 33.4 Å². The van der Waals surface area contributed by atoms with Crippen LogP contribution >= 0.6 is 0 Å². The largest absolute Gasteiger partial charge is 0.508 e. The van der Waals surface area contributed by atoms with Crippen LogP contribution in [0.15, 0.2) is 129 Å². The number of aromatic hydroxyl groups is 1. The van der Waals surface area contributed by atoms with E-state index < -0.39 is 17.8 Å². The molecule has 2 aliphatic heterocycles.